The predicted octanol–water partition coefficient (Wildman–Crippen LogP) is 8.41. The molecule has 3 N–H and O–H groups in total. The summed E-state index contributed by atoms with van der Waals surface area (Å²) in [5, 5.41) is 19.6. The molecule has 7 rings (SSSR count). The van der Waals surface area contributed by atoms with Crippen LogP contribution in [0.1, 0.15) is 35.1 Å². The van der Waals surface area contributed by atoms with Gasteiger partial charge in [-0.15, -0.1) is 5.69 Å². The van der Waals surface area contributed by atoms with E-state index in [0.717, 1.165) is 21.9 Å². The summed E-state index contributed by atoms with van der Waals surface area (Å²) in [5.41, 5.74) is 11.5. The van der Waals surface area contributed by atoms with Gasteiger partial charge in [-0.3, -0.25) is 14.7 Å². The van der Waals surface area contributed by atoms with E-state index in [0.29, 0.717) is 34.9 Å². The zero-order valence-corrected chi connectivity index (χ0v) is 29.7. The van der Waals surface area contributed by atoms with Crippen molar-refractivity contribution < 1.29 is 36.0 Å². The van der Waals surface area contributed by atoms with Crippen molar-refractivity contribution in [3.05, 3.63) is 154 Å². The molecule has 0 saturated carbocycles. The Morgan fingerprint density at radius 3 is 1.94 bits per heavy atom. The van der Waals surface area contributed by atoms with Gasteiger partial charge in [0.15, 0.2) is 0 Å². The Morgan fingerprint density at radius 1 is 0.788 bits per heavy atom. The van der Waals surface area contributed by atoms with Gasteiger partial charge in [-0.05, 0) is 67.9 Å². The fourth-order valence-corrected chi connectivity index (χ4v) is 7.04. The average molecular weight is 753 g/mol. The van der Waals surface area contributed by atoms with Crippen molar-refractivity contribution in [3.63, 3.8) is 0 Å². The zero-order valence-electron chi connectivity index (χ0n) is 27.9. The number of carbonyl (C=O) groups excluding carboxylic acids is 2. The van der Waals surface area contributed by atoms with Crippen molar-refractivity contribution in [1.82, 2.24) is 4.90 Å². The van der Waals surface area contributed by atoms with Crippen LogP contribution >= 0.6 is 11.6 Å². The molecule has 52 heavy (non-hydrogen) atoms. The predicted molar refractivity (Wildman–Crippen MR) is 202 cm³/mol. The maximum absolute atomic E-state index is 13.9. The number of carbonyl (C=O) groups is 3. The zero-order chi connectivity index (χ0) is 35.5. The Balaban J connectivity index is 0.00000464. The van der Waals surface area contributed by atoms with Gasteiger partial charge in [-0.2, -0.15) is 0 Å². The smallest absolute Gasteiger partial charge is 0.625 e. The van der Waals surface area contributed by atoms with Gasteiger partial charge in [-0.25, -0.2) is 4.79 Å². The van der Waals surface area contributed by atoms with Gasteiger partial charge in [0.2, 0.25) is 5.91 Å². The van der Waals surface area contributed by atoms with E-state index in [2.05, 4.69) is 75.9 Å². The molecular formula is C42H34ClN4NiO4+. The van der Waals surface area contributed by atoms with E-state index >= 15 is 0 Å². The number of carboxylic acids is 1. The summed E-state index contributed by atoms with van der Waals surface area (Å²) in [4.78, 5) is 44.4. The Morgan fingerprint density at radius 2 is 1.37 bits per heavy atom. The molecule has 1 heterocycles. The largest absolute Gasteiger partial charge is 2.00 e. The Labute approximate surface area is 316 Å². The van der Waals surface area contributed by atoms with Crippen LogP contribution < -0.4 is 5.73 Å². The molecular weight excluding hydrogens is 719 g/mol. The SMILES string of the molecule is NC(=O)CC[C@H](N=C(c1ccccc1)c1cc(Cl)ccc1[N-]C(=O)CN1Cc2ccc3ccccc3c2-c2c(ccc3ccccc23)C1)C(=O)O.[Ni+2]. The first-order valence-electron chi connectivity index (χ1n) is 16.7. The number of rotatable bonds is 10. The molecule has 0 bridgehead atoms. The number of hydrogen-bond acceptors (Lipinski definition) is 5. The molecule has 0 aliphatic carbocycles. The minimum atomic E-state index is -1.26. The fourth-order valence-electron chi connectivity index (χ4n) is 6.87. The van der Waals surface area contributed by atoms with E-state index in [1.54, 1.807) is 42.5 Å². The Bertz CT molecular complexity index is 2260. The Kier molecular flexibility index (Phi) is 11.2. The van der Waals surface area contributed by atoms with Gasteiger partial charge >= 0.3 is 22.5 Å². The van der Waals surface area contributed by atoms with Crippen molar-refractivity contribution in [3.8, 4) is 11.1 Å². The van der Waals surface area contributed by atoms with Crippen LogP contribution in [0.15, 0.2) is 126 Å². The minimum absolute atomic E-state index is 0. The number of primary amides is 1. The molecule has 0 unspecified atom stereocenters. The number of aliphatic carboxylic acids is 1. The number of carboxylic acid groups (broad SMARTS) is 1. The third-order valence-corrected chi connectivity index (χ3v) is 9.40. The summed E-state index contributed by atoms with van der Waals surface area (Å²) in [6.07, 6.45) is -0.239. The fraction of sp³-hybridized carbons (Fsp3) is 0.143. The van der Waals surface area contributed by atoms with Crippen LogP contribution in [0, 0.1) is 0 Å². The summed E-state index contributed by atoms with van der Waals surface area (Å²) in [5.74, 6) is -2.20. The molecule has 6 aromatic rings. The normalized spacial score (nSPS) is 13.4. The van der Waals surface area contributed by atoms with Crippen molar-refractivity contribution in [2.24, 2.45) is 10.7 Å². The molecule has 1 aliphatic heterocycles. The van der Waals surface area contributed by atoms with Crippen molar-refractivity contribution in [2.45, 2.75) is 32.0 Å². The van der Waals surface area contributed by atoms with Gasteiger partial charge in [0.05, 0.1) is 11.6 Å². The maximum atomic E-state index is 13.9. The van der Waals surface area contributed by atoms with Crippen LogP contribution in [-0.4, -0.2) is 46.1 Å². The van der Waals surface area contributed by atoms with Crippen LogP contribution in [0.2, 0.25) is 5.02 Å². The van der Waals surface area contributed by atoms with Crippen molar-refractivity contribution in [2.75, 3.05) is 6.54 Å². The molecule has 1 atom stereocenters. The number of nitrogens with zero attached hydrogens (tertiary/aromatic N) is 3. The van der Waals surface area contributed by atoms with Crippen LogP contribution in [-0.2, 0) is 44.0 Å². The number of halogens is 1. The van der Waals surface area contributed by atoms with Gasteiger partial charge in [0.1, 0.15) is 6.04 Å². The number of fused-ring (bicyclic) bond motifs is 7. The molecule has 262 valence electrons. The van der Waals surface area contributed by atoms with E-state index in [4.69, 9.17) is 17.3 Å². The topological polar surface area (TPSA) is 127 Å². The van der Waals surface area contributed by atoms with E-state index in [1.165, 1.54) is 21.9 Å². The first-order chi connectivity index (χ1) is 24.7. The van der Waals surface area contributed by atoms with Crippen molar-refractivity contribution >= 4 is 62.3 Å². The second kappa shape index (κ2) is 15.9. The molecule has 2 amide bonds. The van der Waals surface area contributed by atoms with Crippen LogP contribution in [0.3, 0.4) is 0 Å². The first kappa shape index (κ1) is 36.5. The van der Waals surface area contributed by atoms with E-state index in [-0.39, 0.29) is 47.5 Å². The second-order valence-corrected chi connectivity index (χ2v) is 13.1. The molecule has 0 fully saturated rings. The molecule has 0 spiro atoms. The van der Waals surface area contributed by atoms with E-state index < -0.39 is 17.9 Å². The standard InChI is InChI=1S/C42H35ClN4O4.Ni/c43-31-18-19-35(34(22-31)41(28-10-2-1-3-11-28)46-36(42(50)51)20-21-37(44)48)45-38(49)25-47-23-29-16-14-26-8-4-6-12-32(26)39(29)40-30(24-47)17-15-27-9-5-7-13-33(27)40;/h1-19,22,36H,20-21,23-25H2,(H4,44,45,46,48,49,50,51);/q;+2/p-1/t36-;/m0./s1. The first-order valence-corrected chi connectivity index (χ1v) is 17.1. The number of benzene rings is 6. The molecule has 0 radical (unpaired) electrons. The van der Waals surface area contributed by atoms with Gasteiger partial charge in [0, 0.05) is 36.6 Å². The van der Waals surface area contributed by atoms with Crippen molar-refractivity contribution in [1.29, 1.82) is 0 Å². The molecule has 8 nitrogen and oxygen atoms in total. The number of hydrogen-bond donors (Lipinski definition) is 2. The molecule has 6 aromatic carbocycles. The summed E-state index contributed by atoms with van der Waals surface area (Å²) in [6.45, 7) is 1.11. The molecule has 0 saturated heterocycles. The number of aliphatic imine (C=N–C) groups is 1. The third kappa shape index (κ3) is 7.77. The maximum Gasteiger partial charge on any atom is 2.00 e. The minimum Gasteiger partial charge on any atom is -0.625 e. The molecule has 1 aliphatic rings. The average Bonchev–Trinajstić information content (AvgIpc) is 3.29. The molecule has 10 heteroatoms. The number of amides is 2. The summed E-state index contributed by atoms with van der Waals surface area (Å²) < 4.78 is 0. The van der Waals surface area contributed by atoms with Gasteiger partial charge in [-0.1, -0.05) is 121 Å². The van der Waals surface area contributed by atoms with Crippen LogP contribution in [0.5, 0.6) is 0 Å². The van der Waals surface area contributed by atoms with E-state index in [9.17, 15) is 19.5 Å². The van der Waals surface area contributed by atoms with E-state index in [1.807, 2.05) is 18.2 Å². The van der Waals surface area contributed by atoms with Gasteiger partial charge in [0.25, 0.3) is 0 Å². The van der Waals surface area contributed by atoms with Crippen LogP contribution in [0.4, 0.5) is 5.69 Å². The quantitative estimate of drug-likeness (QED) is 0.107. The Hall–Kier alpha value is -5.34. The monoisotopic (exact) mass is 751 g/mol. The van der Waals surface area contributed by atoms with Gasteiger partial charge < -0.3 is 21.0 Å². The molecule has 0 aromatic heterocycles. The number of nitrogens with two attached hydrogens (primary N) is 1. The van der Waals surface area contributed by atoms with Crippen LogP contribution in [0.25, 0.3) is 38.0 Å². The second-order valence-electron chi connectivity index (χ2n) is 12.7. The summed E-state index contributed by atoms with van der Waals surface area (Å²) >= 11 is 6.47. The third-order valence-electron chi connectivity index (χ3n) is 9.17. The summed E-state index contributed by atoms with van der Waals surface area (Å²) in [7, 11) is 0. The summed E-state index contributed by atoms with van der Waals surface area (Å²) in [6, 6.07) is 38.0.